The van der Waals surface area contributed by atoms with Crippen LogP contribution in [0.5, 0.6) is 0 Å². The molecule has 0 spiro atoms. The van der Waals surface area contributed by atoms with E-state index in [1.54, 1.807) is 0 Å². The van der Waals surface area contributed by atoms with Crippen molar-refractivity contribution in [3.63, 3.8) is 0 Å². The third-order valence-electron chi connectivity index (χ3n) is 2.80. The number of hydrogen-bond acceptors (Lipinski definition) is 1. The second-order valence-electron chi connectivity index (χ2n) is 5.28. The number of rotatable bonds is 2. The maximum absolute atomic E-state index is 4.32. The molecule has 0 atom stereocenters. The molecule has 2 aromatic rings. The third-order valence-corrected chi connectivity index (χ3v) is 2.80. The zero-order chi connectivity index (χ0) is 15.4. The van der Waals surface area contributed by atoms with E-state index >= 15 is 0 Å². The molecule has 0 saturated heterocycles. The Balaban J connectivity index is 0.000000438. The van der Waals surface area contributed by atoms with Gasteiger partial charge in [0.2, 0.25) is 0 Å². The van der Waals surface area contributed by atoms with E-state index in [0.717, 1.165) is 5.52 Å². The molecule has 1 aromatic heterocycles. The van der Waals surface area contributed by atoms with Crippen molar-refractivity contribution in [2.75, 3.05) is 0 Å². The van der Waals surface area contributed by atoms with Crippen molar-refractivity contribution in [2.45, 2.75) is 66.7 Å². The molecular formula is C19H31N. The van der Waals surface area contributed by atoms with Crippen molar-refractivity contribution in [3.05, 3.63) is 42.1 Å². The van der Waals surface area contributed by atoms with Crippen LogP contribution in [0.1, 0.15) is 72.3 Å². The van der Waals surface area contributed by atoms with Crippen molar-refractivity contribution < 1.29 is 0 Å². The van der Waals surface area contributed by atoms with Crippen LogP contribution in [-0.2, 0) is 0 Å². The van der Waals surface area contributed by atoms with Gasteiger partial charge in [0.1, 0.15) is 0 Å². The summed E-state index contributed by atoms with van der Waals surface area (Å²) in [5.41, 5.74) is 2.47. The van der Waals surface area contributed by atoms with Crippen molar-refractivity contribution in [3.8, 4) is 0 Å². The van der Waals surface area contributed by atoms with Gasteiger partial charge < -0.3 is 0 Å². The van der Waals surface area contributed by atoms with Gasteiger partial charge in [-0.05, 0) is 23.6 Å². The van der Waals surface area contributed by atoms with Crippen LogP contribution >= 0.6 is 0 Å². The Morgan fingerprint density at radius 2 is 1.50 bits per heavy atom. The second kappa shape index (κ2) is 11.5. The lowest BCUT2D eigenvalue weighted by atomic mass is 9.98. The number of benzene rings is 1. The number of hydrogen-bond donors (Lipinski definition) is 0. The minimum atomic E-state index is 0.563. The molecule has 1 heteroatoms. The summed E-state index contributed by atoms with van der Waals surface area (Å²) in [6, 6.07) is 10.4. The van der Waals surface area contributed by atoms with E-state index in [9.17, 15) is 0 Å². The van der Waals surface area contributed by atoms with E-state index in [-0.39, 0.29) is 0 Å². The molecule has 0 radical (unpaired) electrons. The molecule has 0 amide bonds. The van der Waals surface area contributed by atoms with Gasteiger partial charge in [0.15, 0.2) is 0 Å². The summed E-state index contributed by atoms with van der Waals surface area (Å²) in [4.78, 5) is 4.32. The first kappa shape index (κ1) is 18.6. The Hall–Kier alpha value is -1.37. The predicted octanol–water partition coefficient (Wildman–Crippen LogP) is 6.58. The van der Waals surface area contributed by atoms with E-state index in [1.165, 1.54) is 30.2 Å². The Kier molecular flexibility index (Phi) is 10.7. The lowest BCUT2D eigenvalue weighted by Gasteiger charge is -2.08. The second-order valence-corrected chi connectivity index (χ2v) is 5.28. The third kappa shape index (κ3) is 6.70. The highest BCUT2D eigenvalue weighted by Crippen LogP contribution is 2.23. The van der Waals surface area contributed by atoms with Gasteiger partial charge in [0, 0.05) is 11.6 Å². The van der Waals surface area contributed by atoms with Crippen molar-refractivity contribution in [2.24, 2.45) is 0 Å². The molecular weight excluding hydrogens is 242 g/mol. The molecule has 1 heterocycles. The molecule has 0 aliphatic rings. The van der Waals surface area contributed by atoms with Crippen LogP contribution in [0.25, 0.3) is 10.9 Å². The predicted molar refractivity (Wildman–Crippen MR) is 92.4 cm³/mol. The van der Waals surface area contributed by atoms with Crippen molar-refractivity contribution >= 4 is 10.9 Å². The van der Waals surface area contributed by atoms with Gasteiger partial charge in [0.05, 0.1) is 5.52 Å². The quantitative estimate of drug-likeness (QED) is 0.602. The van der Waals surface area contributed by atoms with Gasteiger partial charge >= 0.3 is 0 Å². The van der Waals surface area contributed by atoms with E-state index in [1.807, 2.05) is 12.3 Å². The van der Waals surface area contributed by atoms with Gasteiger partial charge in [-0.1, -0.05) is 79.0 Å². The van der Waals surface area contributed by atoms with E-state index in [0.29, 0.717) is 5.92 Å². The van der Waals surface area contributed by atoms with Gasteiger partial charge in [0.25, 0.3) is 0 Å². The number of pyridine rings is 1. The van der Waals surface area contributed by atoms with E-state index in [4.69, 9.17) is 0 Å². The maximum atomic E-state index is 4.32. The van der Waals surface area contributed by atoms with Gasteiger partial charge in [-0.15, -0.1) is 0 Å². The average molecular weight is 273 g/mol. The number of fused-ring (bicyclic) bond motifs is 1. The van der Waals surface area contributed by atoms with Crippen LogP contribution in [0.2, 0.25) is 0 Å². The Morgan fingerprint density at radius 3 is 2.00 bits per heavy atom. The Morgan fingerprint density at radius 1 is 0.900 bits per heavy atom. The largest absolute Gasteiger partial charge is 0.256 e. The van der Waals surface area contributed by atoms with E-state index in [2.05, 4.69) is 70.8 Å². The van der Waals surface area contributed by atoms with Crippen LogP contribution in [0.3, 0.4) is 0 Å². The van der Waals surface area contributed by atoms with Gasteiger partial charge in [-0.3, -0.25) is 4.98 Å². The minimum Gasteiger partial charge on any atom is -0.256 e. The molecule has 20 heavy (non-hydrogen) atoms. The van der Waals surface area contributed by atoms with Crippen molar-refractivity contribution in [1.29, 1.82) is 0 Å². The molecule has 2 rings (SSSR count). The smallest absolute Gasteiger partial charge is 0.0704 e. The molecule has 0 unspecified atom stereocenters. The lowest BCUT2D eigenvalue weighted by molar-refractivity contribution is 0.876. The summed E-state index contributed by atoms with van der Waals surface area (Å²) in [7, 11) is 0. The average Bonchev–Trinajstić information content (AvgIpc) is 2.47. The van der Waals surface area contributed by atoms with Gasteiger partial charge in [-0.25, -0.2) is 0 Å². The highest BCUT2D eigenvalue weighted by atomic mass is 14.6. The van der Waals surface area contributed by atoms with Crippen LogP contribution in [-0.4, -0.2) is 4.98 Å². The summed E-state index contributed by atoms with van der Waals surface area (Å²) in [6.07, 6.45) is 5.73. The summed E-state index contributed by atoms with van der Waals surface area (Å²) in [6.45, 7) is 13.0. The monoisotopic (exact) mass is 273 g/mol. The number of aromatic nitrogens is 1. The maximum Gasteiger partial charge on any atom is 0.0704 e. The van der Waals surface area contributed by atoms with Crippen LogP contribution in [0, 0.1) is 0 Å². The lowest BCUT2D eigenvalue weighted by Crippen LogP contribution is -1.89. The van der Waals surface area contributed by atoms with Crippen molar-refractivity contribution in [1.82, 2.24) is 4.98 Å². The highest BCUT2D eigenvalue weighted by Gasteiger charge is 2.03. The standard InChI is InChI=1S/C12H13N.C4H10.C3H8/c1-9(2)10-5-3-7-12-11(10)6-4-8-13-12;1-3-4-2;1-3-2/h3-9H,1-2H3;3-4H2,1-2H3;3H2,1-2H3. The van der Waals surface area contributed by atoms with E-state index < -0.39 is 0 Å². The van der Waals surface area contributed by atoms with Crippen LogP contribution < -0.4 is 0 Å². The SMILES string of the molecule is CC(C)c1cccc2ncccc12.CCC.CCCC. The minimum absolute atomic E-state index is 0.563. The molecule has 1 aromatic carbocycles. The fraction of sp³-hybridized carbons (Fsp3) is 0.526. The number of nitrogens with zero attached hydrogens (tertiary/aromatic N) is 1. The fourth-order valence-electron chi connectivity index (χ4n) is 1.63. The van der Waals surface area contributed by atoms with Crippen LogP contribution in [0.15, 0.2) is 36.5 Å². The zero-order valence-corrected chi connectivity index (χ0v) is 14.1. The number of unbranched alkanes of at least 4 members (excludes halogenated alkanes) is 1. The molecule has 0 N–H and O–H groups in total. The summed E-state index contributed by atoms with van der Waals surface area (Å²) in [5, 5.41) is 1.28. The Labute approximate surface area is 125 Å². The molecule has 0 aliphatic heterocycles. The zero-order valence-electron chi connectivity index (χ0n) is 14.1. The molecule has 0 saturated carbocycles. The topological polar surface area (TPSA) is 12.9 Å². The summed E-state index contributed by atoms with van der Waals surface area (Å²) in [5.74, 6) is 0.563. The molecule has 1 nitrogen and oxygen atoms in total. The first-order valence-electron chi connectivity index (χ1n) is 7.95. The summed E-state index contributed by atoms with van der Waals surface area (Å²) < 4.78 is 0. The first-order valence-corrected chi connectivity index (χ1v) is 7.95. The summed E-state index contributed by atoms with van der Waals surface area (Å²) >= 11 is 0. The molecule has 0 bridgehead atoms. The normalized spacial score (nSPS) is 9.55. The van der Waals surface area contributed by atoms with Crippen LogP contribution in [0.4, 0.5) is 0 Å². The highest BCUT2D eigenvalue weighted by molar-refractivity contribution is 5.82. The fourth-order valence-corrected chi connectivity index (χ4v) is 1.63. The molecule has 0 aliphatic carbocycles. The molecule has 112 valence electrons. The van der Waals surface area contributed by atoms with Gasteiger partial charge in [-0.2, -0.15) is 0 Å². The molecule has 0 fully saturated rings. The first-order chi connectivity index (χ1) is 9.62. The Bertz CT molecular complexity index is 453.